The summed E-state index contributed by atoms with van der Waals surface area (Å²) in [5.74, 6) is 0.397. The number of carbonyl (C=O) groups excluding carboxylic acids is 1. The molecular weight excluding hydrogens is 364 g/mol. The van der Waals surface area contributed by atoms with Crippen LogP contribution in [0.4, 0.5) is 0 Å². The van der Waals surface area contributed by atoms with Gasteiger partial charge in [0.2, 0.25) is 10.0 Å². The minimum Gasteiger partial charge on any atom is -0.484 e. The fraction of sp³-hybridized carbons (Fsp3) is 0.235. The van der Waals surface area contributed by atoms with Gasteiger partial charge in [-0.2, -0.15) is 0 Å². The fourth-order valence-electron chi connectivity index (χ4n) is 2.69. The number of nitrogens with zero attached hydrogens (tertiary/aromatic N) is 1. The lowest BCUT2D eigenvalue weighted by Gasteiger charge is -2.29. The summed E-state index contributed by atoms with van der Waals surface area (Å²) < 4.78 is 28.4. The summed E-state index contributed by atoms with van der Waals surface area (Å²) in [6.07, 6.45) is 0.660. The zero-order valence-corrected chi connectivity index (χ0v) is 14.9. The van der Waals surface area contributed by atoms with Gasteiger partial charge >= 0.3 is 0 Å². The van der Waals surface area contributed by atoms with E-state index in [-0.39, 0.29) is 17.4 Å². The smallest absolute Gasteiger partial charge is 0.260 e. The van der Waals surface area contributed by atoms with Gasteiger partial charge in [-0.1, -0.05) is 17.7 Å². The van der Waals surface area contributed by atoms with E-state index in [2.05, 4.69) is 0 Å². The number of ether oxygens (including phenoxy) is 1. The molecule has 1 aliphatic rings. The zero-order chi connectivity index (χ0) is 18.0. The Morgan fingerprint density at radius 1 is 1.16 bits per heavy atom. The molecule has 2 aromatic rings. The lowest BCUT2D eigenvalue weighted by molar-refractivity contribution is -0.134. The Hall–Kier alpha value is -2.09. The van der Waals surface area contributed by atoms with Gasteiger partial charge in [-0.15, -0.1) is 0 Å². The van der Waals surface area contributed by atoms with Crippen LogP contribution in [0.5, 0.6) is 5.75 Å². The third-order valence-corrected chi connectivity index (χ3v) is 5.21. The van der Waals surface area contributed by atoms with E-state index >= 15 is 0 Å². The monoisotopic (exact) mass is 380 g/mol. The van der Waals surface area contributed by atoms with Crippen molar-refractivity contribution in [3.8, 4) is 5.75 Å². The van der Waals surface area contributed by atoms with E-state index < -0.39 is 10.0 Å². The largest absolute Gasteiger partial charge is 0.484 e. The second kappa shape index (κ2) is 7.03. The van der Waals surface area contributed by atoms with Crippen molar-refractivity contribution in [1.29, 1.82) is 0 Å². The molecule has 1 aliphatic heterocycles. The van der Waals surface area contributed by atoms with Crippen LogP contribution in [-0.2, 0) is 27.8 Å². The molecule has 0 saturated heterocycles. The summed E-state index contributed by atoms with van der Waals surface area (Å²) in [4.78, 5) is 14.1. The summed E-state index contributed by atoms with van der Waals surface area (Å²) in [5.41, 5.74) is 1.81. The molecular formula is C17H17ClN2O4S. The van der Waals surface area contributed by atoms with Crippen molar-refractivity contribution < 1.29 is 17.9 Å². The molecule has 1 amide bonds. The Kier molecular flexibility index (Phi) is 4.99. The van der Waals surface area contributed by atoms with Crippen LogP contribution in [0.25, 0.3) is 0 Å². The molecule has 2 aromatic carbocycles. The minimum atomic E-state index is -3.76. The first kappa shape index (κ1) is 17.7. The van der Waals surface area contributed by atoms with Crippen molar-refractivity contribution in [3.05, 3.63) is 58.6 Å². The molecule has 0 aliphatic carbocycles. The van der Waals surface area contributed by atoms with Crippen LogP contribution in [-0.4, -0.2) is 32.4 Å². The number of fused-ring (bicyclic) bond motifs is 1. The normalized spacial score (nSPS) is 14.1. The molecule has 1 heterocycles. The van der Waals surface area contributed by atoms with E-state index in [0.29, 0.717) is 30.3 Å². The second-order valence-corrected chi connectivity index (χ2v) is 7.78. The maximum absolute atomic E-state index is 12.4. The topological polar surface area (TPSA) is 89.7 Å². The number of benzene rings is 2. The van der Waals surface area contributed by atoms with E-state index in [4.69, 9.17) is 21.5 Å². The van der Waals surface area contributed by atoms with E-state index in [1.165, 1.54) is 12.1 Å². The Balaban J connectivity index is 1.67. The number of nitrogens with two attached hydrogens (primary N) is 1. The summed E-state index contributed by atoms with van der Waals surface area (Å²) in [6.45, 7) is 0.803. The highest BCUT2D eigenvalue weighted by molar-refractivity contribution is 7.89. The van der Waals surface area contributed by atoms with Crippen molar-refractivity contribution in [3.63, 3.8) is 0 Å². The van der Waals surface area contributed by atoms with Crippen molar-refractivity contribution in [2.75, 3.05) is 13.2 Å². The molecule has 25 heavy (non-hydrogen) atoms. The third kappa shape index (κ3) is 4.31. The van der Waals surface area contributed by atoms with Crippen molar-refractivity contribution >= 4 is 27.5 Å². The quantitative estimate of drug-likeness (QED) is 0.877. The van der Waals surface area contributed by atoms with Gasteiger partial charge in [-0.3, -0.25) is 4.79 Å². The van der Waals surface area contributed by atoms with E-state index in [1.807, 2.05) is 0 Å². The number of hydrogen-bond acceptors (Lipinski definition) is 4. The summed E-state index contributed by atoms with van der Waals surface area (Å²) in [7, 11) is -3.76. The first-order valence-corrected chi connectivity index (χ1v) is 9.56. The van der Waals surface area contributed by atoms with Crippen LogP contribution >= 0.6 is 11.6 Å². The van der Waals surface area contributed by atoms with Gasteiger partial charge in [-0.25, -0.2) is 13.6 Å². The molecule has 2 N–H and O–H groups in total. The molecule has 0 radical (unpaired) electrons. The SMILES string of the molecule is NS(=O)(=O)c1ccc2c(c1)CN(C(=O)COc1ccc(Cl)cc1)CC2. The molecule has 0 unspecified atom stereocenters. The standard InChI is InChI=1S/C17H17ClN2O4S/c18-14-2-4-15(5-3-14)24-11-17(21)20-8-7-12-1-6-16(25(19,22)23)9-13(12)10-20/h1-6,9H,7-8,10-11H2,(H2,19,22,23). The van der Waals surface area contributed by atoms with Gasteiger partial charge in [0.1, 0.15) is 5.75 Å². The van der Waals surface area contributed by atoms with Crippen LogP contribution in [0.2, 0.25) is 5.02 Å². The molecule has 0 fully saturated rings. The minimum absolute atomic E-state index is 0.0537. The van der Waals surface area contributed by atoms with Gasteiger partial charge in [0.15, 0.2) is 6.61 Å². The molecule has 0 spiro atoms. The summed E-state index contributed by atoms with van der Waals surface area (Å²) in [5, 5.41) is 5.76. The maximum atomic E-state index is 12.4. The second-order valence-electron chi connectivity index (χ2n) is 5.78. The van der Waals surface area contributed by atoms with Crippen LogP contribution < -0.4 is 9.88 Å². The number of rotatable bonds is 4. The number of halogens is 1. The third-order valence-electron chi connectivity index (χ3n) is 4.05. The fourth-order valence-corrected chi connectivity index (χ4v) is 3.38. The van der Waals surface area contributed by atoms with Crippen LogP contribution in [0, 0.1) is 0 Å². The Morgan fingerprint density at radius 2 is 1.88 bits per heavy atom. The lowest BCUT2D eigenvalue weighted by atomic mass is 10.00. The number of carbonyl (C=O) groups is 1. The average molecular weight is 381 g/mol. The Morgan fingerprint density at radius 3 is 2.56 bits per heavy atom. The van der Waals surface area contributed by atoms with Crippen LogP contribution in [0.15, 0.2) is 47.4 Å². The molecule has 8 heteroatoms. The maximum Gasteiger partial charge on any atom is 0.260 e. The van der Waals surface area contributed by atoms with E-state index in [0.717, 1.165) is 11.1 Å². The van der Waals surface area contributed by atoms with E-state index in [9.17, 15) is 13.2 Å². The Labute approximate surface area is 151 Å². The highest BCUT2D eigenvalue weighted by atomic mass is 35.5. The number of sulfonamides is 1. The average Bonchev–Trinajstić information content (AvgIpc) is 2.59. The molecule has 0 bridgehead atoms. The lowest BCUT2D eigenvalue weighted by Crippen LogP contribution is -2.39. The molecule has 3 rings (SSSR count). The first-order valence-electron chi connectivity index (χ1n) is 7.64. The van der Waals surface area contributed by atoms with Gasteiger partial charge in [-0.05, 0) is 53.9 Å². The van der Waals surface area contributed by atoms with Gasteiger partial charge in [0, 0.05) is 18.1 Å². The summed E-state index contributed by atoms with van der Waals surface area (Å²) in [6, 6.07) is 11.5. The van der Waals surface area contributed by atoms with Gasteiger partial charge in [0.25, 0.3) is 5.91 Å². The molecule has 6 nitrogen and oxygen atoms in total. The van der Waals surface area contributed by atoms with Gasteiger partial charge in [0.05, 0.1) is 4.90 Å². The first-order chi connectivity index (χ1) is 11.8. The predicted molar refractivity (Wildman–Crippen MR) is 93.9 cm³/mol. The molecule has 132 valence electrons. The summed E-state index contributed by atoms with van der Waals surface area (Å²) >= 11 is 5.81. The molecule has 0 aromatic heterocycles. The number of primary sulfonamides is 1. The van der Waals surface area contributed by atoms with Crippen molar-refractivity contribution in [2.24, 2.45) is 5.14 Å². The highest BCUT2D eigenvalue weighted by Crippen LogP contribution is 2.22. The van der Waals surface area contributed by atoms with Crippen molar-refractivity contribution in [1.82, 2.24) is 4.90 Å². The van der Waals surface area contributed by atoms with Crippen LogP contribution in [0.1, 0.15) is 11.1 Å². The predicted octanol–water partition coefficient (Wildman–Crippen LogP) is 1.95. The molecule has 0 saturated carbocycles. The van der Waals surface area contributed by atoms with Crippen LogP contribution in [0.3, 0.4) is 0 Å². The highest BCUT2D eigenvalue weighted by Gasteiger charge is 2.22. The number of amides is 1. The van der Waals surface area contributed by atoms with Crippen molar-refractivity contribution in [2.45, 2.75) is 17.9 Å². The zero-order valence-electron chi connectivity index (χ0n) is 13.3. The Bertz CT molecular complexity index is 897. The van der Waals surface area contributed by atoms with Gasteiger partial charge < -0.3 is 9.64 Å². The van der Waals surface area contributed by atoms with E-state index in [1.54, 1.807) is 35.2 Å². The number of hydrogen-bond donors (Lipinski definition) is 1. The molecule has 0 atom stereocenters.